The van der Waals surface area contributed by atoms with E-state index in [4.69, 9.17) is 0 Å². The summed E-state index contributed by atoms with van der Waals surface area (Å²) in [6.45, 7) is 11.4. The van der Waals surface area contributed by atoms with Gasteiger partial charge in [0.25, 0.3) is 0 Å². The molecule has 1 atom stereocenters. The molecule has 0 radical (unpaired) electrons. The summed E-state index contributed by atoms with van der Waals surface area (Å²) in [4.78, 5) is 0. The molecule has 1 nitrogen and oxygen atoms in total. The standard InChI is InChI=1S/C10H20BrN/c1-5-10(6-2)9(4)12-7-8(3)11/h9-10,12H,3,5-7H2,1-2,4H3. The van der Waals surface area contributed by atoms with Gasteiger partial charge in [0.05, 0.1) is 0 Å². The van der Waals surface area contributed by atoms with Crippen LogP contribution in [0.4, 0.5) is 0 Å². The van der Waals surface area contributed by atoms with Crippen molar-refractivity contribution < 1.29 is 0 Å². The molecule has 0 rings (SSSR count). The molecule has 0 heterocycles. The van der Waals surface area contributed by atoms with Crippen LogP contribution in [0.2, 0.25) is 0 Å². The van der Waals surface area contributed by atoms with Crippen LogP contribution in [-0.2, 0) is 0 Å². The lowest BCUT2D eigenvalue weighted by molar-refractivity contribution is 0.364. The quantitative estimate of drug-likeness (QED) is 0.743. The van der Waals surface area contributed by atoms with Crippen molar-refractivity contribution in [3.63, 3.8) is 0 Å². The first-order valence-electron chi connectivity index (χ1n) is 4.68. The average Bonchev–Trinajstić information content (AvgIpc) is 2.03. The molecular formula is C10H20BrN. The van der Waals surface area contributed by atoms with E-state index in [2.05, 4.69) is 48.6 Å². The Labute approximate surface area is 84.8 Å². The second-order valence-electron chi connectivity index (χ2n) is 3.26. The lowest BCUT2D eigenvalue weighted by atomic mass is 9.96. The molecule has 12 heavy (non-hydrogen) atoms. The van der Waals surface area contributed by atoms with Gasteiger partial charge in [0.1, 0.15) is 0 Å². The molecule has 0 saturated heterocycles. The Bertz CT molecular complexity index is 130. The van der Waals surface area contributed by atoms with Gasteiger partial charge >= 0.3 is 0 Å². The van der Waals surface area contributed by atoms with Gasteiger partial charge in [0.2, 0.25) is 0 Å². The van der Waals surface area contributed by atoms with E-state index >= 15 is 0 Å². The molecule has 0 aliphatic heterocycles. The highest BCUT2D eigenvalue weighted by Crippen LogP contribution is 2.12. The van der Waals surface area contributed by atoms with Crippen molar-refractivity contribution in [2.75, 3.05) is 6.54 Å². The first-order valence-corrected chi connectivity index (χ1v) is 5.47. The fourth-order valence-electron chi connectivity index (χ4n) is 1.43. The zero-order valence-corrected chi connectivity index (χ0v) is 9.95. The normalized spacial score (nSPS) is 13.4. The molecular weight excluding hydrogens is 214 g/mol. The lowest BCUT2D eigenvalue weighted by Gasteiger charge is -2.22. The molecule has 0 aromatic carbocycles. The molecule has 0 saturated carbocycles. The van der Waals surface area contributed by atoms with Gasteiger partial charge in [-0.05, 0) is 12.8 Å². The van der Waals surface area contributed by atoms with Crippen molar-refractivity contribution in [1.82, 2.24) is 5.32 Å². The predicted molar refractivity (Wildman–Crippen MR) is 59.6 cm³/mol. The molecule has 0 aromatic rings. The number of hydrogen-bond donors (Lipinski definition) is 1. The second kappa shape index (κ2) is 6.67. The molecule has 1 unspecified atom stereocenters. The summed E-state index contributed by atoms with van der Waals surface area (Å²) in [6, 6.07) is 0.592. The topological polar surface area (TPSA) is 12.0 Å². The molecule has 0 aliphatic rings. The van der Waals surface area contributed by atoms with Gasteiger partial charge in [0, 0.05) is 17.1 Å². The zero-order valence-electron chi connectivity index (χ0n) is 8.36. The maximum atomic E-state index is 3.79. The van der Waals surface area contributed by atoms with Gasteiger partial charge in [0.15, 0.2) is 0 Å². The monoisotopic (exact) mass is 233 g/mol. The van der Waals surface area contributed by atoms with Crippen molar-refractivity contribution in [2.45, 2.75) is 39.7 Å². The van der Waals surface area contributed by atoms with Crippen LogP contribution in [0.3, 0.4) is 0 Å². The average molecular weight is 234 g/mol. The first-order chi connectivity index (χ1) is 5.61. The molecule has 0 amide bonds. The molecule has 0 bridgehead atoms. The summed E-state index contributed by atoms with van der Waals surface area (Å²) < 4.78 is 1.03. The summed E-state index contributed by atoms with van der Waals surface area (Å²) in [5.74, 6) is 0.789. The van der Waals surface area contributed by atoms with Crippen molar-refractivity contribution >= 4 is 15.9 Å². The highest BCUT2D eigenvalue weighted by molar-refractivity contribution is 9.11. The summed E-state index contributed by atoms with van der Waals surface area (Å²) >= 11 is 3.34. The maximum Gasteiger partial charge on any atom is 0.0268 e. The Balaban J connectivity index is 3.68. The first kappa shape index (κ1) is 12.2. The van der Waals surface area contributed by atoms with Gasteiger partial charge in [-0.25, -0.2) is 0 Å². The van der Waals surface area contributed by atoms with E-state index in [-0.39, 0.29) is 0 Å². The van der Waals surface area contributed by atoms with Crippen LogP contribution < -0.4 is 5.32 Å². The number of nitrogens with one attached hydrogen (secondary N) is 1. The van der Waals surface area contributed by atoms with E-state index in [0.29, 0.717) is 6.04 Å². The number of halogens is 1. The summed E-state index contributed by atoms with van der Waals surface area (Å²) in [5.41, 5.74) is 0. The second-order valence-corrected chi connectivity index (χ2v) is 4.38. The molecule has 1 N–H and O–H groups in total. The molecule has 0 aromatic heterocycles. The van der Waals surface area contributed by atoms with Gasteiger partial charge < -0.3 is 5.32 Å². The van der Waals surface area contributed by atoms with Crippen LogP contribution in [0.1, 0.15) is 33.6 Å². The summed E-state index contributed by atoms with van der Waals surface area (Å²) in [5, 5.41) is 3.44. The Morgan fingerprint density at radius 2 is 1.92 bits per heavy atom. The molecule has 0 aliphatic carbocycles. The Kier molecular flexibility index (Phi) is 6.77. The van der Waals surface area contributed by atoms with E-state index in [1.807, 2.05) is 0 Å². The highest BCUT2D eigenvalue weighted by atomic mass is 79.9. The Morgan fingerprint density at radius 3 is 2.25 bits per heavy atom. The SMILES string of the molecule is C=C(Br)CNC(C)C(CC)CC. The largest absolute Gasteiger partial charge is 0.309 e. The fourth-order valence-corrected chi connectivity index (χ4v) is 1.60. The van der Waals surface area contributed by atoms with Crippen LogP contribution in [0, 0.1) is 5.92 Å². The van der Waals surface area contributed by atoms with Crippen LogP contribution in [-0.4, -0.2) is 12.6 Å². The van der Waals surface area contributed by atoms with Crippen molar-refractivity contribution in [2.24, 2.45) is 5.92 Å². The highest BCUT2D eigenvalue weighted by Gasteiger charge is 2.11. The number of hydrogen-bond acceptors (Lipinski definition) is 1. The van der Waals surface area contributed by atoms with Crippen molar-refractivity contribution in [3.8, 4) is 0 Å². The zero-order chi connectivity index (χ0) is 9.56. The van der Waals surface area contributed by atoms with Crippen molar-refractivity contribution in [1.29, 1.82) is 0 Å². The Morgan fingerprint density at radius 1 is 1.42 bits per heavy atom. The summed E-state index contributed by atoms with van der Waals surface area (Å²) in [7, 11) is 0. The molecule has 0 spiro atoms. The van der Waals surface area contributed by atoms with Gasteiger partial charge in [-0.3, -0.25) is 0 Å². The predicted octanol–water partition coefficient (Wildman–Crippen LogP) is 3.31. The maximum absolute atomic E-state index is 3.79. The molecule has 2 heteroatoms. The number of rotatable bonds is 6. The van der Waals surface area contributed by atoms with Crippen molar-refractivity contribution in [3.05, 3.63) is 11.1 Å². The minimum absolute atomic E-state index is 0.592. The lowest BCUT2D eigenvalue weighted by Crippen LogP contribution is -2.33. The van der Waals surface area contributed by atoms with Gasteiger partial charge in [-0.1, -0.05) is 49.2 Å². The fraction of sp³-hybridized carbons (Fsp3) is 0.800. The molecule has 72 valence electrons. The van der Waals surface area contributed by atoms with E-state index in [1.165, 1.54) is 12.8 Å². The third-order valence-corrected chi connectivity index (χ3v) is 2.65. The van der Waals surface area contributed by atoms with Crippen LogP contribution in [0.5, 0.6) is 0 Å². The molecule has 0 fully saturated rings. The Hall–Kier alpha value is 0.180. The van der Waals surface area contributed by atoms with E-state index in [1.54, 1.807) is 0 Å². The van der Waals surface area contributed by atoms with Gasteiger partial charge in [-0.2, -0.15) is 0 Å². The summed E-state index contributed by atoms with van der Waals surface area (Å²) in [6.07, 6.45) is 2.50. The minimum Gasteiger partial charge on any atom is -0.309 e. The van der Waals surface area contributed by atoms with E-state index < -0.39 is 0 Å². The third-order valence-electron chi connectivity index (χ3n) is 2.37. The van der Waals surface area contributed by atoms with E-state index in [0.717, 1.165) is 16.9 Å². The smallest absolute Gasteiger partial charge is 0.0268 e. The minimum atomic E-state index is 0.592. The van der Waals surface area contributed by atoms with E-state index in [9.17, 15) is 0 Å². The van der Waals surface area contributed by atoms with Gasteiger partial charge in [-0.15, -0.1) is 0 Å². The van der Waals surface area contributed by atoms with Crippen LogP contribution >= 0.6 is 15.9 Å². The van der Waals surface area contributed by atoms with Crippen LogP contribution in [0.25, 0.3) is 0 Å². The van der Waals surface area contributed by atoms with Crippen LogP contribution in [0.15, 0.2) is 11.1 Å². The third kappa shape index (κ3) is 4.94.